The minimum Gasteiger partial charge on any atom is -0.480 e. The molecule has 18 heavy (non-hydrogen) atoms. The minimum atomic E-state index is -3.06. The number of hydrogen-bond acceptors (Lipinski definition) is 4. The van der Waals surface area contributed by atoms with Gasteiger partial charge in [0.2, 0.25) is 0 Å². The van der Waals surface area contributed by atoms with Crippen LogP contribution in [0.1, 0.15) is 20.3 Å². The van der Waals surface area contributed by atoms with E-state index in [9.17, 15) is 18.0 Å². The monoisotopic (exact) mass is 278 g/mol. The zero-order chi connectivity index (χ0) is 13.9. The Morgan fingerprint density at radius 1 is 1.33 bits per heavy atom. The average molecular weight is 278 g/mol. The van der Waals surface area contributed by atoms with Crippen LogP contribution in [0.5, 0.6) is 0 Å². The van der Waals surface area contributed by atoms with E-state index in [1.54, 1.807) is 13.8 Å². The number of hydrogen-bond donors (Lipinski definition) is 3. The fourth-order valence-electron chi connectivity index (χ4n) is 1.79. The Bertz CT molecular complexity index is 432. The molecule has 1 saturated heterocycles. The summed E-state index contributed by atoms with van der Waals surface area (Å²) >= 11 is 0. The van der Waals surface area contributed by atoms with E-state index in [1.807, 2.05) is 0 Å². The quantitative estimate of drug-likeness (QED) is 0.646. The summed E-state index contributed by atoms with van der Waals surface area (Å²) in [7, 11) is -3.06. The lowest BCUT2D eigenvalue weighted by molar-refractivity contribution is -0.140. The van der Waals surface area contributed by atoms with E-state index in [0.29, 0.717) is 6.42 Å². The van der Waals surface area contributed by atoms with Gasteiger partial charge in [-0.15, -0.1) is 0 Å². The lowest BCUT2D eigenvalue weighted by Crippen LogP contribution is -2.51. The van der Waals surface area contributed by atoms with Crippen molar-refractivity contribution in [2.75, 3.05) is 11.5 Å². The molecule has 3 N–H and O–H groups in total. The SMILES string of the molecule is CC(C)[C@@H](NC(=O)NC1CCS(=O)(=O)C1)C(=O)O. The fraction of sp³-hybridized carbons (Fsp3) is 0.800. The van der Waals surface area contributed by atoms with Crippen LogP contribution in [0.2, 0.25) is 0 Å². The predicted molar refractivity (Wildman–Crippen MR) is 65.0 cm³/mol. The lowest BCUT2D eigenvalue weighted by atomic mass is 10.1. The van der Waals surface area contributed by atoms with Crippen LogP contribution < -0.4 is 10.6 Å². The Balaban J connectivity index is 2.49. The Labute approximate surface area is 106 Å². The Morgan fingerprint density at radius 2 is 1.94 bits per heavy atom. The maximum absolute atomic E-state index is 11.5. The van der Waals surface area contributed by atoms with Crippen LogP contribution in [0, 0.1) is 5.92 Å². The molecule has 1 fully saturated rings. The number of amides is 2. The largest absolute Gasteiger partial charge is 0.480 e. The van der Waals surface area contributed by atoms with Gasteiger partial charge in [-0.1, -0.05) is 13.8 Å². The second kappa shape index (κ2) is 5.55. The first-order valence-electron chi connectivity index (χ1n) is 5.71. The maximum atomic E-state index is 11.5. The highest BCUT2D eigenvalue weighted by molar-refractivity contribution is 7.91. The van der Waals surface area contributed by atoms with Crippen molar-refractivity contribution >= 4 is 21.8 Å². The first kappa shape index (κ1) is 14.7. The van der Waals surface area contributed by atoms with Gasteiger partial charge in [0.25, 0.3) is 0 Å². The van der Waals surface area contributed by atoms with E-state index in [0.717, 1.165) is 0 Å². The second-order valence-corrected chi connectivity index (χ2v) is 7.01. The van der Waals surface area contributed by atoms with Gasteiger partial charge in [0.15, 0.2) is 9.84 Å². The topological polar surface area (TPSA) is 113 Å². The number of carboxylic acid groups (broad SMARTS) is 1. The lowest BCUT2D eigenvalue weighted by Gasteiger charge is -2.19. The van der Waals surface area contributed by atoms with Crippen molar-refractivity contribution in [3.8, 4) is 0 Å². The molecule has 8 heteroatoms. The molecule has 7 nitrogen and oxygen atoms in total. The highest BCUT2D eigenvalue weighted by Crippen LogP contribution is 2.11. The summed E-state index contributed by atoms with van der Waals surface area (Å²) in [6.45, 7) is 3.36. The van der Waals surface area contributed by atoms with Crippen LogP contribution in [0.3, 0.4) is 0 Å². The molecule has 1 rings (SSSR count). The molecule has 0 radical (unpaired) electrons. The van der Waals surface area contributed by atoms with Crippen LogP contribution in [0.4, 0.5) is 4.79 Å². The molecule has 104 valence electrons. The van der Waals surface area contributed by atoms with Crippen molar-refractivity contribution in [1.29, 1.82) is 0 Å². The third-order valence-corrected chi connectivity index (χ3v) is 4.55. The van der Waals surface area contributed by atoms with E-state index >= 15 is 0 Å². The van der Waals surface area contributed by atoms with Crippen LogP contribution in [0.15, 0.2) is 0 Å². The second-order valence-electron chi connectivity index (χ2n) is 4.78. The zero-order valence-electron chi connectivity index (χ0n) is 10.3. The van der Waals surface area contributed by atoms with Crippen molar-refractivity contribution in [2.45, 2.75) is 32.4 Å². The molecule has 1 aliphatic rings. The molecular weight excluding hydrogens is 260 g/mol. The maximum Gasteiger partial charge on any atom is 0.326 e. The van der Waals surface area contributed by atoms with E-state index in [-0.39, 0.29) is 17.4 Å². The summed E-state index contributed by atoms with van der Waals surface area (Å²) in [6, 6.07) is -2.06. The van der Waals surface area contributed by atoms with Crippen molar-refractivity contribution < 1.29 is 23.1 Å². The molecule has 2 amide bonds. The number of aliphatic carboxylic acids is 1. The zero-order valence-corrected chi connectivity index (χ0v) is 11.2. The molecule has 0 saturated carbocycles. The predicted octanol–water partition coefficient (Wildman–Crippen LogP) is -0.418. The summed E-state index contributed by atoms with van der Waals surface area (Å²) in [5.74, 6) is -1.38. The Morgan fingerprint density at radius 3 is 2.33 bits per heavy atom. The van der Waals surface area contributed by atoms with Gasteiger partial charge in [0.1, 0.15) is 6.04 Å². The smallest absolute Gasteiger partial charge is 0.326 e. The number of carbonyl (C=O) groups is 2. The van der Waals surface area contributed by atoms with E-state index in [2.05, 4.69) is 10.6 Å². The summed E-state index contributed by atoms with van der Waals surface area (Å²) < 4.78 is 22.4. The van der Waals surface area contributed by atoms with Gasteiger partial charge in [0, 0.05) is 6.04 Å². The average Bonchev–Trinajstić information content (AvgIpc) is 2.53. The highest BCUT2D eigenvalue weighted by atomic mass is 32.2. The molecule has 0 bridgehead atoms. The summed E-state index contributed by atoms with van der Waals surface area (Å²) in [5.41, 5.74) is 0. The Hall–Kier alpha value is -1.31. The minimum absolute atomic E-state index is 0.0600. The van der Waals surface area contributed by atoms with Crippen LogP contribution in [-0.2, 0) is 14.6 Å². The third kappa shape index (κ3) is 4.17. The molecule has 1 heterocycles. The van der Waals surface area contributed by atoms with Gasteiger partial charge in [-0.2, -0.15) is 0 Å². The van der Waals surface area contributed by atoms with Crippen LogP contribution in [0.25, 0.3) is 0 Å². The third-order valence-electron chi connectivity index (χ3n) is 2.79. The molecule has 1 unspecified atom stereocenters. The van der Waals surface area contributed by atoms with Gasteiger partial charge < -0.3 is 15.7 Å². The molecule has 0 spiro atoms. The van der Waals surface area contributed by atoms with Gasteiger partial charge in [-0.3, -0.25) is 0 Å². The Kier molecular flexibility index (Phi) is 4.55. The number of rotatable bonds is 4. The molecule has 0 aromatic carbocycles. The van der Waals surface area contributed by atoms with Gasteiger partial charge >= 0.3 is 12.0 Å². The summed E-state index contributed by atoms with van der Waals surface area (Å²) in [4.78, 5) is 22.4. The fourth-order valence-corrected chi connectivity index (χ4v) is 3.46. The summed E-state index contributed by atoms with van der Waals surface area (Å²) in [5, 5.41) is 13.7. The van der Waals surface area contributed by atoms with Crippen LogP contribution >= 0.6 is 0 Å². The number of urea groups is 1. The molecule has 0 aliphatic carbocycles. The van der Waals surface area contributed by atoms with Crippen molar-refractivity contribution in [1.82, 2.24) is 10.6 Å². The summed E-state index contributed by atoms with van der Waals surface area (Å²) in [6.07, 6.45) is 0.370. The molecule has 2 atom stereocenters. The van der Waals surface area contributed by atoms with Gasteiger partial charge in [-0.25, -0.2) is 18.0 Å². The van der Waals surface area contributed by atoms with Gasteiger partial charge in [-0.05, 0) is 12.3 Å². The molecule has 1 aliphatic heterocycles. The van der Waals surface area contributed by atoms with Crippen molar-refractivity contribution in [3.05, 3.63) is 0 Å². The number of carbonyl (C=O) groups excluding carboxylic acids is 1. The van der Waals surface area contributed by atoms with Crippen molar-refractivity contribution in [2.24, 2.45) is 5.92 Å². The molecule has 0 aromatic rings. The first-order chi connectivity index (χ1) is 8.21. The first-order valence-corrected chi connectivity index (χ1v) is 7.53. The number of sulfone groups is 1. The number of carboxylic acids is 1. The number of nitrogens with one attached hydrogen (secondary N) is 2. The molecule has 0 aromatic heterocycles. The van der Waals surface area contributed by atoms with Crippen molar-refractivity contribution in [3.63, 3.8) is 0 Å². The normalized spacial score (nSPS) is 23.6. The van der Waals surface area contributed by atoms with E-state index in [4.69, 9.17) is 5.11 Å². The van der Waals surface area contributed by atoms with E-state index < -0.39 is 33.9 Å². The highest BCUT2D eigenvalue weighted by Gasteiger charge is 2.30. The van der Waals surface area contributed by atoms with E-state index in [1.165, 1.54) is 0 Å². The van der Waals surface area contributed by atoms with Crippen LogP contribution in [-0.4, -0.2) is 49.1 Å². The standard InChI is InChI=1S/C10H18N2O5S/c1-6(2)8(9(13)14)12-10(15)11-7-3-4-18(16,17)5-7/h6-8H,3-5H2,1-2H3,(H,13,14)(H2,11,12,15)/t7?,8-/m1/s1. The molecular formula is C10H18N2O5S. The van der Waals surface area contributed by atoms with Gasteiger partial charge in [0.05, 0.1) is 11.5 Å².